The number of nitrogens with one attached hydrogen (secondary N) is 1. The van der Waals surface area contributed by atoms with Gasteiger partial charge in [0.2, 0.25) is 17.4 Å². The van der Waals surface area contributed by atoms with Crippen LogP contribution in [-0.2, 0) is 9.59 Å². The predicted octanol–water partition coefficient (Wildman–Crippen LogP) is -0.239. The summed E-state index contributed by atoms with van der Waals surface area (Å²) in [7, 11) is 0. The minimum atomic E-state index is -0.491. The zero-order valence-electron chi connectivity index (χ0n) is 10.5. The Morgan fingerprint density at radius 3 is 2.75 bits per heavy atom. The van der Waals surface area contributed by atoms with Gasteiger partial charge in [-0.2, -0.15) is 0 Å². The number of rotatable bonds is 2. The molecule has 3 N–H and O–H groups in total. The predicted molar refractivity (Wildman–Crippen MR) is 72.0 cm³/mol. The first-order chi connectivity index (χ1) is 9.54. The highest BCUT2D eigenvalue weighted by Crippen LogP contribution is 2.24. The van der Waals surface area contributed by atoms with Gasteiger partial charge in [0.05, 0.1) is 5.92 Å². The first kappa shape index (κ1) is 12.3. The summed E-state index contributed by atoms with van der Waals surface area (Å²) in [6.07, 6.45) is 0.0976. The number of pyridine rings is 2. The number of carbonyl (C=O) groups is 2. The lowest BCUT2D eigenvalue weighted by atomic mass is 10.1. The Balaban J connectivity index is 2.00. The van der Waals surface area contributed by atoms with Crippen molar-refractivity contribution in [1.82, 2.24) is 9.97 Å². The molecule has 0 aromatic carbocycles. The minimum absolute atomic E-state index is 0.0976. The van der Waals surface area contributed by atoms with E-state index in [1.807, 2.05) is 0 Å². The van der Waals surface area contributed by atoms with Gasteiger partial charge in [0.25, 0.3) is 0 Å². The van der Waals surface area contributed by atoms with Gasteiger partial charge in [0.15, 0.2) is 0 Å². The van der Waals surface area contributed by atoms with Gasteiger partial charge in [-0.3, -0.25) is 19.3 Å². The molecule has 0 saturated carbocycles. The molecule has 1 aliphatic rings. The van der Waals surface area contributed by atoms with E-state index < -0.39 is 11.8 Å². The van der Waals surface area contributed by atoms with Crippen LogP contribution in [0, 0.1) is 5.92 Å². The molecule has 2 amide bonds. The molecule has 20 heavy (non-hydrogen) atoms. The van der Waals surface area contributed by atoms with Crippen LogP contribution in [0.25, 0.3) is 11.0 Å². The number of carbonyl (C=O) groups excluding carboxylic acids is 2. The summed E-state index contributed by atoms with van der Waals surface area (Å²) in [5.41, 5.74) is 5.37. The zero-order valence-corrected chi connectivity index (χ0v) is 10.5. The van der Waals surface area contributed by atoms with Crippen molar-refractivity contribution >= 4 is 28.7 Å². The van der Waals surface area contributed by atoms with E-state index in [0.717, 1.165) is 5.39 Å². The largest absolute Gasteiger partial charge is 0.369 e. The fraction of sp³-hybridized carbons (Fsp3) is 0.231. The molecular weight excluding hydrogens is 260 g/mol. The number of H-pyrrole nitrogens is 1. The van der Waals surface area contributed by atoms with Gasteiger partial charge in [0.1, 0.15) is 11.5 Å². The van der Waals surface area contributed by atoms with Crippen molar-refractivity contribution in [2.24, 2.45) is 11.7 Å². The molecule has 2 aromatic heterocycles. The Hall–Kier alpha value is -2.70. The smallest absolute Gasteiger partial charge is 0.249 e. The summed E-state index contributed by atoms with van der Waals surface area (Å²) in [6, 6.07) is 6.51. The highest BCUT2D eigenvalue weighted by molar-refractivity contribution is 5.99. The number of hydrogen-bond donors (Lipinski definition) is 2. The molecule has 1 atom stereocenters. The normalized spacial score (nSPS) is 18.7. The third-order valence-corrected chi connectivity index (χ3v) is 3.37. The maximum Gasteiger partial charge on any atom is 0.249 e. The molecule has 0 aliphatic carbocycles. The molecule has 1 saturated heterocycles. The molecule has 102 valence electrons. The van der Waals surface area contributed by atoms with E-state index in [1.54, 1.807) is 18.2 Å². The number of nitrogens with zero attached hydrogens (tertiary/aromatic N) is 2. The number of nitrogens with two attached hydrogens (primary N) is 1. The summed E-state index contributed by atoms with van der Waals surface area (Å²) in [4.78, 5) is 42.6. The minimum Gasteiger partial charge on any atom is -0.369 e. The molecule has 7 heteroatoms. The van der Waals surface area contributed by atoms with Crippen LogP contribution in [0.1, 0.15) is 6.42 Å². The number of aromatic nitrogens is 2. The SMILES string of the molecule is NC(=O)C1CC(=O)N(c2ccc3ccc(=O)[nH]c3n2)C1. The van der Waals surface area contributed by atoms with E-state index in [2.05, 4.69) is 9.97 Å². The lowest BCUT2D eigenvalue weighted by Gasteiger charge is -2.15. The maximum atomic E-state index is 11.9. The number of anilines is 1. The van der Waals surface area contributed by atoms with Gasteiger partial charge in [-0.25, -0.2) is 4.98 Å². The fourth-order valence-electron chi connectivity index (χ4n) is 2.29. The molecule has 0 spiro atoms. The van der Waals surface area contributed by atoms with E-state index in [1.165, 1.54) is 11.0 Å². The third-order valence-electron chi connectivity index (χ3n) is 3.37. The molecule has 3 rings (SSSR count). The van der Waals surface area contributed by atoms with Crippen LogP contribution in [0.15, 0.2) is 29.1 Å². The number of amides is 2. The van der Waals surface area contributed by atoms with Crippen molar-refractivity contribution in [1.29, 1.82) is 0 Å². The Labute approximate surface area is 113 Å². The Kier molecular flexibility index (Phi) is 2.74. The monoisotopic (exact) mass is 272 g/mol. The van der Waals surface area contributed by atoms with Crippen LogP contribution in [0.5, 0.6) is 0 Å². The molecule has 7 nitrogen and oxygen atoms in total. The third kappa shape index (κ3) is 2.03. The number of fused-ring (bicyclic) bond motifs is 1. The second-order valence-corrected chi connectivity index (χ2v) is 4.74. The molecule has 3 heterocycles. The molecule has 0 bridgehead atoms. The zero-order chi connectivity index (χ0) is 14.3. The topological polar surface area (TPSA) is 109 Å². The van der Waals surface area contributed by atoms with Gasteiger partial charge in [-0.05, 0) is 18.2 Å². The number of aromatic amines is 1. The van der Waals surface area contributed by atoms with Crippen LogP contribution in [0.4, 0.5) is 5.82 Å². The average molecular weight is 272 g/mol. The highest BCUT2D eigenvalue weighted by atomic mass is 16.2. The van der Waals surface area contributed by atoms with Gasteiger partial charge in [-0.15, -0.1) is 0 Å². The fourth-order valence-corrected chi connectivity index (χ4v) is 2.29. The Morgan fingerprint density at radius 1 is 1.30 bits per heavy atom. The standard InChI is InChI=1S/C13H12N4O3/c14-12(20)8-5-11(19)17(6-8)9-3-1-7-2-4-10(18)16-13(7)15-9/h1-4,8H,5-6H2,(H2,14,20)(H,15,16,18). The van der Waals surface area contributed by atoms with E-state index in [9.17, 15) is 14.4 Å². The summed E-state index contributed by atoms with van der Waals surface area (Å²) in [5, 5.41) is 0.770. The molecule has 1 aliphatic heterocycles. The van der Waals surface area contributed by atoms with Gasteiger partial charge < -0.3 is 10.7 Å². The Morgan fingerprint density at radius 2 is 2.05 bits per heavy atom. The van der Waals surface area contributed by atoms with E-state index in [-0.39, 0.29) is 24.4 Å². The van der Waals surface area contributed by atoms with Crippen molar-refractivity contribution in [3.8, 4) is 0 Å². The highest BCUT2D eigenvalue weighted by Gasteiger charge is 2.34. The quantitative estimate of drug-likeness (QED) is 0.786. The van der Waals surface area contributed by atoms with Crippen LogP contribution in [-0.4, -0.2) is 28.3 Å². The number of hydrogen-bond acceptors (Lipinski definition) is 4. The molecular formula is C13H12N4O3. The number of primary amides is 1. The van der Waals surface area contributed by atoms with Crippen molar-refractivity contribution in [2.75, 3.05) is 11.4 Å². The maximum absolute atomic E-state index is 11.9. The average Bonchev–Trinajstić information content (AvgIpc) is 2.80. The lowest BCUT2D eigenvalue weighted by Crippen LogP contribution is -2.29. The molecule has 1 fully saturated rings. The van der Waals surface area contributed by atoms with E-state index in [0.29, 0.717) is 11.5 Å². The van der Waals surface area contributed by atoms with E-state index in [4.69, 9.17) is 5.73 Å². The summed E-state index contributed by atoms with van der Waals surface area (Å²) in [6.45, 7) is 0.226. The van der Waals surface area contributed by atoms with Crippen molar-refractivity contribution in [3.05, 3.63) is 34.6 Å². The van der Waals surface area contributed by atoms with Gasteiger partial charge in [-0.1, -0.05) is 0 Å². The van der Waals surface area contributed by atoms with Crippen molar-refractivity contribution in [3.63, 3.8) is 0 Å². The second kappa shape index (κ2) is 4.44. The van der Waals surface area contributed by atoms with Gasteiger partial charge in [0, 0.05) is 24.4 Å². The van der Waals surface area contributed by atoms with Crippen LogP contribution in [0.2, 0.25) is 0 Å². The molecule has 1 unspecified atom stereocenters. The second-order valence-electron chi connectivity index (χ2n) is 4.74. The van der Waals surface area contributed by atoms with Crippen molar-refractivity contribution < 1.29 is 9.59 Å². The summed E-state index contributed by atoms with van der Waals surface area (Å²) >= 11 is 0. The molecule has 2 aromatic rings. The van der Waals surface area contributed by atoms with Gasteiger partial charge >= 0.3 is 0 Å². The summed E-state index contributed by atoms with van der Waals surface area (Å²) < 4.78 is 0. The van der Waals surface area contributed by atoms with Crippen LogP contribution in [0.3, 0.4) is 0 Å². The first-order valence-corrected chi connectivity index (χ1v) is 6.14. The molecule has 0 radical (unpaired) electrons. The Bertz CT molecular complexity index is 768. The summed E-state index contributed by atoms with van der Waals surface area (Å²) in [5.74, 6) is -0.767. The van der Waals surface area contributed by atoms with Crippen LogP contribution >= 0.6 is 0 Å². The van der Waals surface area contributed by atoms with Crippen LogP contribution < -0.4 is 16.2 Å². The van der Waals surface area contributed by atoms with Crippen molar-refractivity contribution in [2.45, 2.75) is 6.42 Å². The lowest BCUT2D eigenvalue weighted by molar-refractivity contribution is -0.123. The van der Waals surface area contributed by atoms with E-state index >= 15 is 0 Å². The first-order valence-electron chi connectivity index (χ1n) is 6.14.